The Morgan fingerprint density at radius 1 is 1.22 bits per heavy atom. The van der Waals surface area contributed by atoms with Gasteiger partial charge in [-0.2, -0.15) is 0 Å². The molecule has 140 valence electrons. The summed E-state index contributed by atoms with van der Waals surface area (Å²) in [5.41, 5.74) is 5.76. The lowest BCUT2D eigenvalue weighted by molar-refractivity contribution is -0.135. The van der Waals surface area contributed by atoms with Gasteiger partial charge < -0.3 is 14.4 Å². The molecule has 6 heteroatoms. The number of rotatable bonds is 3. The van der Waals surface area contributed by atoms with Gasteiger partial charge >= 0.3 is 5.97 Å². The van der Waals surface area contributed by atoms with Crippen LogP contribution in [0.15, 0.2) is 46.3 Å². The Balaban J connectivity index is 2.08. The topological polar surface area (TPSA) is 63.8 Å². The predicted molar refractivity (Wildman–Crippen MR) is 108 cm³/mol. The molecule has 0 atom stereocenters. The first-order valence-electron chi connectivity index (χ1n) is 8.49. The Hall–Kier alpha value is -2.79. The summed E-state index contributed by atoms with van der Waals surface area (Å²) in [6, 6.07) is 7.93. The van der Waals surface area contributed by atoms with Gasteiger partial charge in [0.2, 0.25) is 0 Å². The standard InChI is InChI=1S/C21H21ClN2O3/c1-11-6-7-16(10-17(11)22)24-12(2)8-15(14(24)4)9-18-20(25)19(13(3)23-18)21(26)27-5/h6-10,25H,1-5H3/b18-9+. The highest BCUT2D eigenvalue weighted by Gasteiger charge is 2.27. The largest absolute Gasteiger partial charge is 0.505 e. The van der Waals surface area contributed by atoms with Crippen molar-refractivity contribution >= 4 is 29.4 Å². The number of hydrogen-bond donors (Lipinski definition) is 1. The summed E-state index contributed by atoms with van der Waals surface area (Å²) >= 11 is 6.28. The van der Waals surface area contributed by atoms with Gasteiger partial charge in [0, 0.05) is 22.1 Å². The normalized spacial score (nSPS) is 15.5. The first-order valence-corrected chi connectivity index (χ1v) is 8.87. The fourth-order valence-corrected chi connectivity index (χ4v) is 3.41. The minimum atomic E-state index is -0.600. The van der Waals surface area contributed by atoms with Crippen LogP contribution in [0, 0.1) is 20.8 Å². The van der Waals surface area contributed by atoms with Crippen LogP contribution in [0.5, 0.6) is 0 Å². The van der Waals surface area contributed by atoms with Gasteiger partial charge in [0.1, 0.15) is 11.3 Å². The van der Waals surface area contributed by atoms with E-state index in [4.69, 9.17) is 16.3 Å². The van der Waals surface area contributed by atoms with Gasteiger partial charge in [0.25, 0.3) is 0 Å². The number of esters is 1. The van der Waals surface area contributed by atoms with Crippen molar-refractivity contribution in [3.8, 4) is 5.69 Å². The van der Waals surface area contributed by atoms with Gasteiger partial charge in [0.15, 0.2) is 5.76 Å². The molecule has 0 radical (unpaired) electrons. The summed E-state index contributed by atoms with van der Waals surface area (Å²) < 4.78 is 6.81. The van der Waals surface area contributed by atoms with E-state index in [0.717, 1.165) is 28.2 Å². The maximum absolute atomic E-state index is 11.8. The highest BCUT2D eigenvalue weighted by atomic mass is 35.5. The number of aliphatic hydroxyl groups excluding tert-OH is 1. The van der Waals surface area contributed by atoms with Crippen molar-refractivity contribution < 1.29 is 14.6 Å². The number of aryl methyl sites for hydroxylation is 2. The molecule has 0 saturated carbocycles. The minimum Gasteiger partial charge on any atom is -0.505 e. The molecule has 0 unspecified atom stereocenters. The van der Waals surface area contributed by atoms with Crippen LogP contribution in [0.3, 0.4) is 0 Å². The third-order valence-corrected chi connectivity index (χ3v) is 5.10. The Morgan fingerprint density at radius 2 is 1.93 bits per heavy atom. The Morgan fingerprint density at radius 3 is 2.56 bits per heavy atom. The quantitative estimate of drug-likeness (QED) is 0.769. The molecule has 0 spiro atoms. The van der Waals surface area contributed by atoms with Gasteiger partial charge in [-0.1, -0.05) is 17.7 Å². The van der Waals surface area contributed by atoms with Crippen LogP contribution in [0.4, 0.5) is 0 Å². The van der Waals surface area contributed by atoms with Crippen LogP contribution in [-0.4, -0.2) is 28.5 Å². The number of nitrogens with zero attached hydrogens (tertiary/aromatic N) is 2. The van der Waals surface area contributed by atoms with E-state index < -0.39 is 5.97 Å². The third kappa shape index (κ3) is 3.30. The zero-order chi connectivity index (χ0) is 19.9. The van der Waals surface area contributed by atoms with E-state index in [2.05, 4.69) is 9.56 Å². The van der Waals surface area contributed by atoms with E-state index in [-0.39, 0.29) is 11.3 Å². The second-order valence-corrected chi connectivity index (χ2v) is 6.94. The number of benzene rings is 1. The van der Waals surface area contributed by atoms with Crippen LogP contribution >= 0.6 is 11.6 Å². The van der Waals surface area contributed by atoms with E-state index in [9.17, 15) is 9.90 Å². The SMILES string of the molecule is COC(=O)C1=C(O)/C(=C\c2cc(C)n(-c3ccc(C)c(Cl)c3)c2C)N=C1C. The number of halogens is 1. The molecular formula is C21H21ClN2O3. The first-order chi connectivity index (χ1) is 12.7. The number of carbonyl (C=O) groups is 1. The summed E-state index contributed by atoms with van der Waals surface area (Å²) in [6.07, 6.45) is 1.77. The number of aromatic nitrogens is 1. The van der Waals surface area contributed by atoms with Crippen LogP contribution < -0.4 is 0 Å². The summed E-state index contributed by atoms with van der Waals surface area (Å²) in [4.78, 5) is 16.2. The molecule has 0 bridgehead atoms. The number of aliphatic imine (C=N–C) groups is 1. The van der Waals surface area contributed by atoms with Crippen LogP contribution in [-0.2, 0) is 9.53 Å². The average molecular weight is 385 g/mol. The maximum Gasteiger partial charge on any atom is 0.343 e. The van der Waals surface area contributed by atoms with Crippen molar-refractivity contribution in [1.29, 1.82) is 0 Å². The lowest BCUT2D eigenvalue weighted by atomic mass is 10.1. The molecule has 0 amide bonds. The van der Waals surface area contributed by atoms with E-state index in [1.165, 1.54) is 7.11 Å². The number of ether oxygens (including phenoxy) is 1. The summed E-state index contributed by atoms with van der Waals surface area (Å²) in [5, 5.41) is 11.1. The van der Waals surface area contributed by atoms with Crippen LogP contribution in [0.1, 0.15) is 29.4 Å². The van der Waals surface area contributed by atoms with Gasteiger partial charge in [-0.05, 0) is 63.1 Å². The van der Waals surface area contributed by atoms with E-state index in [1.54, 1.807) is 13.0 Å². The number of hydrogen-bond acceptors (Lipinski definition) is 4. The molecule has 0 fully saturated rings. The van der Waals surface area contributed by atoms with Crippen molar-refractivity contribution in [3.63, 3.8) is 0 Å². The van der Waals surface area contributed by atoms with Crippen LogP contribution in [0.25, 0.3) is 11.8 Å². The van der Waals surface area contributed by atoms with Crippen LogP contribution in [0.2, 0.25) is 5.02 Å². The Labute approximate surface area is 163 Å². The second kappa shape index (κ2) is 7.08. The molecule has 0 aliphatic carbocycles. The molecule has 0 saturated heterocycles. The third-order valence-electron chi connectivity index (χ3n) is 4.70. The highest BCUT2D eigenvalue weighted by Crippen LogP contribution is 2.30. The van der Waals surface area contributed by atoms with E-state index >= 15 is 0 Å². The molecule has 1 aliphatic rings. The molecular weight excluding hydrogens is 364 g/mol. The van der Waals surface area contributed by atoms with E-state index in [1.807, 2.05) is 45.0 Å². The molecule has 27 heavy (non-hydrogen) atoms. The first kappa shape index (κ1) is 19.0. The zero-order valence-electron chi connectivity index (χ0n) is 15.9. The van der Waals surface area contributed by atoms with Gasteiger partial charge in [-0.25, -0.2) is 9.79 Å². The monoisotopic (exact) mass is 384 g/mol. The van der Waals surface area contributed by atoms with Gasteiger partial charge in [0.05, 0.1) is 12.8 Å². The van der Waals surface area contributed by atoms with Crippen molar-refractivity contribution in [2.75, 3.05) is 7.11 Å². The smallest absolute Gasteiger partial charge is 0.343 e. The fourth-order valence-electron chi connectivity index (χ4n) is 3.24. The summed E-state index contributed by atoms with van der Waals surface area (Å²) in [7, 11) is 1.28. The van der Waals surface area contributed by atoms with Crippen molar-refractivity contribution in [3.05, 3.63) is 68.8 Å². The molecule has 3 rings (SSSR count). The fraction of sp³-hybridized carbons (Fsp3) is 0.238. The number of carbonyl (C=O) groups excluding carboxylic acids is 1. The molecule has 1 aromatic heterocycles. The second-order valence-electron chi connectivity index (χ2n) is 6.54. The molecule has 1 aliphatic heterocycles. The predicted octanol–water partition coefficient (Wildman–Crippen LogP) is 4.86. The maximum atomic E-state index is 11.8. The van der Waals surface area contributed by atoms with Crippen molar-refractivity contribution in [2.45, 2.75) is 27.7 Å². The molecule has 1 N–H and O–H groups in total. The lowest BCUT2D eigenvalue weighted by Crippen LogP contribution is -2.11. The zero-order valence-corrected chi connectivity index (χ0v) is 16.7. The molecule has 2 aromatic rings. The Bertz CT molecular complexity index is 1040. The molecule has 5 nitrogen and oxygen atoms in total. The minimum absolute atomic E-state index is 0.0999. The number of methoxy groups -OCH3 is 1. The summed E-state index contributed by atoms with van der Waals surface area (Å²) in [6.45, 7) is 7.62. The van der Waals surface area contributed by atoms with Gasteiger partial charge in [-0.3, -0.25) is 0 Å². The number of aliphatic hydroxyl groups is 1. The molecule has 1 aromatic carbocycles. The van der Waals surface area contributed by atoms with Crippen molar-refractivity contribution in [2.24, 2.45) is 4.99 Å². The van der Waals surface area contributed by atoms with Gasteiger partial charge in [-0.15, -0.1) is 0 Å². The van der Waals surface area contributed by atoms with Crippen molar-refractivity contribution in [1.82, 2.24) is 4.57 Å². The summed E-state index contributed by atoms with van der Waals surface area (Å²) in [5.74, 6) is -0.764. The molecule has 2 heterocycles. The average Bonchev–Trinajstić information content (AvgIpc) is 3.05. The Kier molecular flexibility index (Phi) is 4.98. The lowest BCUT2D eigenvalue weighted by Gasteiger charge is -2.11. The highest BCUT2D eigenvalue weighted by molar-refractivity contribution is 6.31. The van der Waals surface area contributed by atoms with E-state index in [0.29, 0.717) is 16.4 Å².